The number of hydrogen-bond donors (Lipinski definition) is 0. The van der Waals surface area contributed by atoms with Gasteiger partial charge in [-0.3, -0.25) is 4.98 Å². The number of benzene rings is 1. The van der Waals surface area contributed by atoms with Crippen LogP contribution < -0.4 is 0 Å². The molecule has 1 nitrogen and oxygen atoms in total. The fourth-order valence-corrected chi connectivity index (χ4v) is 1.27. The molecule has 2 aromatic rings. The van der Waals surface area contributed by atoms with Crippen LogP contribution in [0.25, 0.3) is 11.3 Å². The smallest absolute Gasteiger partial charge is 0.0716 e. The van der Waals surface area contributed by atoms with Gasteiger partial charge in [0.15, 0.2) is 0 Å². The van der Waals surface area contributed by atoms with Crippen molar-refractivity contribution in [1.82, 2.24) is 4.98 Å². The van der Waals surface area contributed by atoms with Crippen LogP contribution in [-0.2, 0) is 0 Å². The summed E-state index contributed by atoms with van der Waals surface area (Å²) in [5, 5.41) is -0.0659. The van der Waals surface area contributed by atoms with Crippen LogP contribution in [0.5, 0.6) is 0 Å². The molecule has 14 heavy (non-hydrogen) atoms. The standard InChI is InChI=1S/C12H10ClN/c1-9-8-14-12(7-11(9)13)10-5-3-2-4-6-10/h2-8H,1H3/i1D3,7D. The van der Waals surface area contributed by atoms with Crippen molar-refractivity contribution in [2.24, 2.45) is 0 Å². The van der Waals surface area contributed by atoms with Crippen molar-refractivity contribution in [2.75, 3.05) is 0 Å². The molecule has 0 unspecified atom stereocenters. The number of aryl methyl sites for hydroxylation is 1. The monoisotopic (exact) mass is 207 g/mol. The normalized spacial score (nSPS) is 15.2. The number of rotatable bonds is 1. The van der Waals surface area contributed by atoms with Crippen LogP contribution in [-0.4, -0.2) is 4.98 Å². The first-order valence-corrected chi connectivity index (χ1v) is 4.50. The Hall–Kier alpha value is -1.34. The van der Waals surface area contributed by atoms with Crippen LogP contribution in [0, 0.1) is 6.85 Å². The minimum Gasteiger partial charge on any atom is -0.256 e. The first-order valence-electron chi connectivity index (χ1n) is 6.12. The van der Waals surface area contributed by atoms with E-state index in [1.807, 2.05) is 18.2 Å². The van der Waals surface area contributed by atoms with Crippen molar-refractivity contribution in [3.05, 3.63) is 53.2 Å². The van der Waals surface area contributed by atoms with Gasteiger partial charge in [-0.25, -0.2) is 0 Å². The maximum atomic E-state index is 7.91. The van der Waals surface area contributed by atoms with Crippen LogP contribution in [0.4, 0.5) is 0 Å². The minimum atomic E-state index is -2.35. The van der Waals surface area contributed by atoms with Gasteiger partial charge in [-0.05, 0) is 18.5 Å². The van der Waals surface area contributed by atoms with E-state index in [2.05, 4.69) is 4.98 Å². The number of hydrogen-bond acceptors (Lipinski definition) is 1. The highest BCUT2D eigenvalue weighted by molar-refractivity contribution is 6.31. The second-order valence-electron chi connectivity index (χ2n) is 2.83. The average Bonchev–Trinajstić information content (AvgIpc) is 2.32. The highest BCUT2D eigenvalue weighted by Crippen LogP contribution is 2.22. The molecule has 0 aliphatic rings. The Morgan fingerprint density at radius 2 is 2.14 bits per heavy atom. The van der Waals surface area contributed by atoms with Gasteiger partial charge in [-0.1, -0.05) is 41.9 Å². The number of nitrogens with zero attached hydrogens (tertiary/aromatic N) is 1. The molecule has 1 aromatic heterocycles. The summed E-state index contributed by atoms with van der Waals surface area (Å²) >= 11 is 5.95. The van der Waals surface area contributed by atoms with Gasteiger partial charge in [0, 0.05) is 20.9 Å². The van der Waals surface area contributed by atoms with Gasteiger partial charge >= 0.3 is 0 Å². The molecule has 0 N–H and O–H groups in total. The molecule has 2 rings (SSSR count). The van der Waals surface area contributed by atoms with Crippen molar-refractivity contribution in [3.8, 4) is 11.3 Å². The molecule has 0 saturated carbocycles. The zero-order chi connectivity index (χ0) is 13.3. The van der Waals surface area contributed by atoms with Gasteiger partial charge in [0.25, 0.3) is 0 Å². The maximum Gasteiger partial charge on any atom is 0.0716 e. The van der Waals surface area contributed by atoms with Crippen molar-refractivity contribution < 1.29 is 5.48 Å². The fraction of sp³-hybridized carbons (Fsp3) is 0.0833. The van der Waals surface area contributed by atoms with Crippen LogP contribution in [0.2, 0.25) is 5.02 Å². The Labute approximate surface area is 94.0 Å². The van der Waals surface area contributed by atoms with Crippen molar-refractivity contribution in [1.29, 1.82) is 0 Å². The molecule has 1 aromatic carbocycles. The van der Waals surface area contributed by atoms with Crippen LogP contribution in [0.1, 0.15) is 11.0 Å². The predicted octanol–water partition coefficient (Wildman–Crippen LogP) is 3.71. The summed E-state index contributed by atoms with van der Waals surface area (Å²) in [6, 6.07) is 9.03. The molecule has 2 heteroatoms. The summed E-state index contributed by atoms with van der Waals surface area (Å²) in [7, 11) is 0. The van der Waals surface area contributed by atoms with E-state index < -0.39 is 6.85 Å². The second-order valence-corrected chi connectivity index (χ2v) is 3.20. The van der Waals surface area contributed by atoms with E-state index in [1.165, 1.54) is 6.20 Å². The Balaban J connectivity index is 2.58. The lowest BCUT2D eigenvalue weighted by molar-refractivity contribution is 1.27. The summed E-state index contributed by atoms with van der Waals surface area (Å²) in [6.07, 6.45) is 1.22. The molecule has 0 spiro atoms. The molecule has 1 heterocycles. The molecule has 0 amide bonds. The highest BCUT2D eigenvalue weighted by atomic mass is 35.5. The van der Waals surface area contributed by atoms with Gasteiger partial charge in [-0.2, -0.15) is 0 Å². The third-order valence-electron chi connectivity index (χ3n) is 1.83. The van der Waals surface area contributed by atoms with Crippen LogP contribution in [0.3, 0.4) is 0 Å². The lowest BCUT2D eigenvalue weighted by atomic mass is 10.1. The summed E-state index contributed by atoms with van der Waals surface area (Å²) < 4.78 is 29.8. The first kappa shape index (κ1) is 5.52. The van der Waals surface area contributed by atoms with Crippen LogP contribution in [0.15, 0.2) is 42.6 Å². The van der Waals surface area contributed by atoms with E-state index in [1.54, 1.807) is 12.1 Å². The van der Waals surface area contributed by atoms with E-state index in [9.17, 15) is 0 Å². The molecule has 0 saturated heterocycles. The molecular formula is C12H10ClN. The number of halogens is 1. The second kappa shape index (κ2) is 3.81. The largest absolute Gasteiger partial charge is 0.256 e. The molecule has 0 bridgehead atoms. The van der Waals surface area contributed by atoms with Gasteiger partial charge < -0.3 is 0 Å². The van der Waals surface area contributed by atoms with E-state index in [0.717, 1.165) is 5.56 Å². The molecule has 0 aliphatic heterocycles. The SMILES string of the molecule is [2H]c1c(-c2ccccc2)ncc(C([2H])([2H])[2H])c1Cl. The van der Waals surface area contributed by atoms with Gasteiger partial charge in [0.1, 0.15) is 0 Å². The molecule has 70 valence electrons. The zero-order valence-corrected chi connectivity index (χ0v) is 8.05. The zero-order valence-electron chi connectivity index (χ0n) is 11.3. The Kier molecular flexibility index (Phi) is 1.50. The van der Waals surface area contributed by atoms with Crippen molar-refractivity contribution >= 4 is 11.6 Å². The van der Waals surface area contributed by atoms with Gasteiger partial charge in [-0.15, -0.1) is 0 Å². The predicted molar refractivity (Wildman–Crippen MR) is 59.4 cm³/mol. The van der Waals surface area contributed by atoms with E-state index >= 15 is 0 Å². The molecular weight excluding hydrogens is 194 g/mol. The van der Waals surface area contributed by atoms with Crippen molar-refractivity contribution in [3.63, 3.8) is 0 Å². The summed E-state index contributed by atoms with van der Waals surface area (Å²) in [6.45, 7) is -2.35. The van der Waals surface area contributed by atoms with Crippen molar-refractivity contribution in [2.45, 2.75) is 6.85 Å². The minimum absolute atomic E-state index is 0.0588. The summed E-state index contributed by atoms with van der Waals surface area (Å²) in [5.74, 6) is 0. The fourth-order valence-electron chi connectivity index (χ4n) is 1.13. The van der Waals surface area contributed by atoms with E-state index in [0.29, 0.717) is 5.69 Å². The lowest BCUT2D eigenvalue weighted by Gasteiger charge is -2.02. The summed E-state index contributed by atoms with van der Waals surface area (Å²) in [5.41, 5.74) is 1.03. The molecule has 0 radical (unpaired) electrons. The maximum absolute atomic E-state index is 7.91. The van der Waals surface area contributed by atoms with Crippen LogP contribution >= 0.6 is 11.6 Å². The Bertz CT molecular complexity index is 566. The van der Waals surface area contributed by atoms with E-state index in [-0.39, 0.29) is 16.6 Å². The number of pyridine rings is 1. The average molecular weight is 208 g/mol. The summed E-state index contributed by atoms with van der Waals surface area (Å²) in [4.78, 5) is 4.04. The number of aromatic nitrogens is 1. The first-order chi connectivity index (χ1) is 8.41. The van der Waals surface area contributed by atoms with Gasteiger partial charge in [0.05, 0.1) is 7.06 Å². The topological polar surface area (TPSA) is 12.9 Å². The van der Waals surface area contributed by atoms with E-state index in [4.69, 9.17) is 17.1 Å². The third kappa shape index (κ3) is 1.78. The third-order valence-corrected chi connectivity index (χ3v) is 2.13. The molecule has 0 atom stereocenters. The quantitative estimate of drug-likeness (QED) is 0.695. The lowest BCUT2D eigenvalue weighted by Crippen LogP contribution is -1.84. The Morgan fingerprint density at radius 3 is 2.86 bits per heavy atom. The van der Waals surface area contributed by atoms with Gasteiger partial charge in [0.2, 0.25) is 0 Å². The molecule has 0 fully saturated rings. The Morgan fingerprint density at radius 1 is 1.36 bits per heavy atom. The molecule has 0 aliphatic carbocycles. The highest BCUT2D eigenvalue weighted by Gasteiger charge is 2.00.